The number of aromatic nitrogens is 1. The first-order valence-corrected chi connectivity index (χ1v) is 5.37. The van der Waals surface area contributed by atoms with Gasteiger partial charge >= 0.3 is 0 Å². The van der Waals surface area contributed by atoms with Gasteiger partial charge in [0.15, 0.2) is 5.78 Å². The van der Waals surface area contributed by atoms with Gasteiger partial charge in [-0.2, -0.15) is 0 Å². The van der Waals surface area contributed by atoms with E-state index in [9.17, 15) is 9.18 Å². The van der Waals surface area contributed by atoms with Gasteiger partial charge in [0, 0.05) is 28.0 Å². The predicted octanol–water partition coefficient (Wildman–Crippen LogP) is 3.21. The number of carbonyl (C=O) groups is 1. The summed E-state index contributed by atoms with van der Waals surface area (Å²) < 4.78 is 13.6. The average Bonchev–Trinajstić information content (AvgIpc) is 2.32. The Morgan fingerprint density at radius 1 is 1.31 bits per heavy atom. The molecule has 0 aliphatic rings. The third kappa shape index (κ3) is 2.17. The molecular formula is C12H7BrFNO. The molecule has 2 rings (SSSR count). The zero-order chi connectivity index (χ0) is 11.5. The van der Waals surface area contributed by atoms with Gasteiger partial charge in [0.25, 0.3) is 0 Å². The number of halogens is 2. The highest BCUT2D eigenvalue weighted by Gasteiger charge is 2.13. The zero-order valence-electron chi connectivity index (χ0n) is 8.15. The Labute approximate surface area is 100 Å². The van der Waals surface area contributed by atoms with E-state index in [0.29, 0.717) is 15.6 Å². The van der Waals surface area contributed by atoms with E-state index in [-0.39, 0.29) is 5.78 Å². The first-order valence-electron chi connectivity index (χ1n) is 4.58. The predicted molar refractivity (Wildman–Crippen MR) is 61.8 cm³/mol. The zero-order valence-corrected chi connectivity index (χ0v) is 9.74. The van der Waals surface area contributed by atoms with Gasteiger partial charge in [-0.3, -0.25) is 9.78 Å². The van der Waals surface area contributed by atoms with E-state index in [1.807, 2.05) is 0 Å². The van der Waals surface area contributed by atoms with Crippen molar-refractivity contribution in [2.75, 3.05) is 0 Å². The topological polar surface area (TPSA) is 30.0 Å². The van der Waals surface area contributed by atoms with Gasteiger partial charge in [-0.1, -0.05) is 15.9 Å². The van der Waals surface area contributed by atoms with E-state index in [0.717, 1.165) is 0 Å². The maximum atomic E-state index is 13.0. The van der Waals surface area contributed by atoms with Crippen molar-refractivity contribution in [3.8, 4) is 0 Å². The quantitative estimate of drug-likeness (QED) is 0.790. The Morgan fingerprint density at radius 3 is 2.81 bits per heavy atom. The molecule has 0 spiro atoms. The molecule has 4 heteroatoms. The summed E-state index contributed by atoms with van der Waals surface area (Å²) in [5, 5.41) is 0. The van der Waals surface area contributed by atoms with Crippen LogP contribution in [0.5, 0.6) is 0 Å². The van der Waals surface area contributed by atoms with E-state index in [1.165, 1.54) is 24.4 Å². The molecule has 0 amide bonds. The molecule has 0 aliphatic heterocycles. The van der Waals surface area contributed by atoms with Crippen LogP contribution in [0.2, 0.25) is 0 Å². The van der Waals surface area contributed by atoms with E-state index in [4.69, 9.17) is 0 Å². The Morgan fingerprint density at radius 2 is 2.12 bits per heavy atom. The van der Waals surface area contributed by atoms with Crippen LogP contribution in [0.3, 0.4) is 0 Å². The number of hydrogen-bond donors (Lipinski definition) is 0. The normalized spacial score (nSPS) is 10.1. The molecule has 16 heavy (non-hydrogen) atoms. The maximum absolute atomic E-state index is 13.0. The van der Waals surface area contributed by atoms with Gasteiger partial charge in [0.2, 0.25) is 0 Å². The van der Waals surface area contributed by atoms with Crippen molar-refractivity contribution in [2.45, 2.75) is 0 Å². The van der Waals surface area contributed by atoms with Crippen LogP contribution in [0.1, 0.15) is 15.9 Å². The summed E-state index contributed by atoms with van der Waals surface area (Å²) in [5.74, 6) is -0.685. The first kappa shape index (κ1) is 11.0. The summed E-state index contributed by atoms with van der Waals surface area (Å²) in [6, 6.07) is 7.33. The number of pyridine rings is 1. The second-order valence-corrected chi connectivity index (χ2v) is 4.05. The largest absolute Gasteiger partial charge is 0.289 e. The van der Waals surface area contributed by atoms with E-state index >= 15 is 0 Å². The Hall–Kier alpha value is -1.55. The number of nitrogens with zero attached hydrogens (tertiary/aromatic N) is 1. The van der Waals surface area contributed by atoms with Crippen LogP contribution >= 0.6 is 15.9 Å². The number of hydrogen-bond acceptors (Lipinski definition) is 2. The lowest BCUT2D eigenvalue weighted by molar-refractivity contribution is 0.103. The lowest BCUT2D eigenvalue weighted by Crippen LogP contribution is -2.03. The molecule has 0 saturated heterocycles. The second kappa shape index (κ2) is 4.53. The van der Waals surface area contributed by atoms with Gasteiger partial charge in [0.1, 0.15) is 5.82 Å². The minimum Gasteiger partial charge on any atom is -0.289 e. The van der Waals surface area contributed by atoms with Gasteiger partial charge in [-0.15, -0.1) is 0 Å². The third-order valence-electron chi connectivity index (χ3n) is 2.10. The van der Waals surface area contributed by atoms with Gasteiger partial charge < -0.3 is 0 Å². The molecule has 0 fully saturated rings. The minimum absolute atomic E-state index is 0.250. The van der Waals surface area contributed by atoms with E-state index < -0.39 is 5.82 Å². The summed E-state index contributed by atoms with van der Waals surface area (Å²) >= 11 is 3.22. The fourth-order valence-corrected chi connectivity index (χ4v) is 1.75. The number of carbonyl (C=O) groups excluding carboxylic acids is 1. The van der Waals surface area contributed by atoms with E-state index in [2.05, 4.69) is 20.9 Å². The standard InChI is InChI=1S/C12H7BrFNO/c13-11-4-3-9(14)6-10(11)12(16)8-2-1-5-15-7-8/h1-7H. The minimum atomic E-state index is -0.435. The molecule has 0 aliphatic carbocycles. The number of rotatable bonds is 2. The highest BCUT2D eigenvalue weighted by atomic mass is 79.9. The van der Waals surface area contributed by atoms with Gasteiger partial charge in [-0.25, -0.2) is 4.39 Å². The SMILES string of the molecule is O=C(c1cccnc1)c1cc(F)ccc1Br. The maximum Gasteiger partial charge on any atom is 0.195 e. The van der Waals surface area contributed by atoms with Crippen molar-refractivity contribution in [1.29, 1.82) is 0 Å². The molecule has 0 atom stereocenters. The second-order valence-electron chi connectivity index (χ2n) is 3.19. The molecule has 1 aromatic heterocycles. The number of benzene rings is 1. The molecule has 2 nitrogen and oxygen atoms in total. The van der Waals surface area contributed by atoms with Crippen LogP contribution in [0.25, 0.3) is 0 Å². The lowest BCUT2D eigenvalue weighted by atomic mass is 10.1. The molecule has 1 aromatic carbocycles. The fourth-order valence-electron chi connectivity index (χ4n) is 1.32. The van der Waals surface area contributed by atoms with Crippen molar-refractivity contribution < 1.29 is 9.18 Å². The van der Waals surface area contributed by atoms with Crippen LogP contribution in [0.15, 0.2) is 47.2 Å². The average molecular weight is 280 g/mol. The van der Waals surface area contributed by atoms with E-state index in [1.54, 1.807) is 18.3 Å². The van der Waals surface area contributed by atoms with Crippen LogP contribution in [0, 0.1) is 5.82 Å². The smallest absolute Gasteiger partial charge is 0.195 e. The van der Waals surface area contributed by atoms with Gasteiger partial charge in [0.05, 0.1) is 0 Å². The molecule has 0 saturated carbocycles. The summed E-state index contributed by atoms with van der Waals surface area (Å²) in [7, 11) is 0. The van der Waals surface area contributed by atoms with Crippen LogP contribution < -0.4 is 0 Å². The summed E-state index contributed by atoms with van der Waals surface area (Å²) in [6.45, 7) is 0. The number of ketones is 1. The van der Waals surface area contributed by atoms with Crippen molar-refractivity contribution in [2.24, 2.45) is 0 Å². The van der Waals surface area contributed by atoms with Crippen LogP contribution in [-0.2, 0) is 0 Å². The van der Waals surface area contributed by atoms with Crippen molar-refractivity contribution >= 4 is 21.7 Å². The molecule has 0 N–H and O–H groups in total. The van der Waals surface area contributed by atoms with Crippen LogP contribution in [-0.4, -0.2) is 10.8 Å². The highest BCUT2D eigenvalue weighted by Crippen LogP contribution is 2.20. The van der Waals surface area contributed by atoms with Crippen molar-refractivity contribution in [3.05, 3.63) is 64.1 Å². The molecule has 0 unspecified atom stereocenters. The summed E-state index contributed by atoms with van der Waals surface area (Å²) in [6.07, 6.45) is 3.04. The Balaban J connectivity index is 2.46. The molecule has 0 bridgehead atoms. The molecule has 1 heterocycles. The Bertz CT molecular complexity index is 528. The first-order chi connectivity index (χ1) is 7.68. The van der Waals surface area contributed by atoms with Crippen molar-refractivity contribution in [1.82, 2.24) is 4.98 Å². The van der Waals surface area contributed by atoms with Crippen LogP contribution in [0.4, 0.5) is 4.39 Å². The molecular weight excluding hydrogens is 273 g/mol. The third-order valence-corrected chi connectivity index (χ3v) is 2.79. The fraction of sp³-hybridized carbons (Fsp3) is 0. The highest BCUT2D eigenvalue weighted by molar-refractivity contribution is 9.10. The van der Waals surface area contributed by atoms with Crippen molar-refractivity contribution in [3.63, 3.8) is 0 Å². The monoisotopic (exact) mass is 279 g/mol. The summed E-state index contributed by atoms with van der Waals surface area (Å²) in [5.41, 5.74) is 0.738. The lowest BCUT2D eigenvalue weighted by Gasteiger charge is -2.03. The summed E-state index contributed by atoms with van der Waals surface area (Å²) in [4.78, 5) is 15.8. The van der Waals surface area contributed by atoms with Gasteiger partial charge in [-0.05, 0) is 30.3 Å². The molecule has 80 valence electrons. The molecule has 0 radical (unpaired) electrons. The Kier molecular flexibility index (Phi) is 3.10. The molecule has 2 aromatic rings.